The molecule has 7 nitrogen and oxygen atoms in total. The molecule has 0 N–H and O–H groups in total. The van der Waals surface area contributed by atoms with E-state index in [0.717, 1.165) is 5.56 Å². The topological polar surface area (TPSA) is 85.5 Å². The van der Waals surface area contributed by atoms with Gasteiger partial charge in [0.1, 0.15) is 16.3 Å². The first-order valence-corrected chi connectivity index (χ1v) is 11.2. The van der Waals surface area contributed by atoms with Crippen LogP contribution in [0.4, 0.5) is 5.13 Å². The molecule has 0 spiro atoms. The lowest BCUT2D eigenvalue weighted by Crippen LogP contribution is -2.29. The van der Waals surface area contributed by atoms with E-state index >= 15 is 0 Å². The summed E-state index contributed by atoms with van der Waals surface area (Å²) in [6.45, 7) is 5.70. The smallest absolute Gasteiger partial charge is 0.297 e. The van der Waals surface area contributed by atoms with Gasteiger partial charge in [-0.25, -0.2) is 0 Å². The summed E-state index contributed by atoms with van der Waals surface area (Å²) in [5.41, 5.74) is 0.999. The highest BCUT2D eigenvalue weighted by molar-refractivity contribution is 7.15. The standard InChI is InChI=1S/C23H18ClN3O4S/c1-11(2)30-15-7-4-13(5-8-15)19-18-20(28)16-10-14(24)6-9-17(16)31-21(18)22(29)27(19)23-26-25-12(3)32-23/h4-11,19H,1-3H3/t19-/m1/s1. The van der Waals surface area contributed by atoms with E-state index in [-0.39, 0.29) is 22.9 Å². The first-order chi connectivity index (χ1) is 15.3. The summed E-state index contributed by atoms with van der Waals surface area (Å²) in [4.78, 5) is 28.5. The molecule has 2 aromatic carbocycles. The predicted octanol–water partition coefficient (Wildman–Crippen LogP) is 5.14. The summed E-state index contributed by atoms with van der Waals surface area (Å²) in [6, 6.07) is 11.4. The van der Waals surface area contributed by atoms with Crippen molar-refractivity contribution < 1.29 is 13.9 Å². The molecule has 0 saturated heterocycles. The van der Waals surface area contributed by atoms with Gasteiger partial charge in [-0.3, -0.25) is 14.5 Å². The zero-order valence-corrected chi connectivity index (χ0v) is 19.0. The van der Waals surface area contributed by atoms with Crippen molar-refractivity contribution in [2.24, 2.45) is 0 Å². The highest BCUT2D eigenvalue weighted by atomic mass is 35.5. The first-order valence-electron chi connectivity index (χ1n) is 10.00. The minimum atomic E-state index is -0.711. The van der Waals surface area contributed by atoms with Crippen molar-refractivity contribution in [3.8, 4) is 5.75 Å². The van der Waals surface area contributed by atoms with Crippen LogP contribution in [0.2, 0.25) is 5.02 Å². The van der Waals surface area contributed by atoms with Crippen molar-refractivity contribution in [1.82, 2.24) is 10.2 Å². The molecule has 0 fully saturated rings. The Morgan fingerprint density at radius 3 is 2.53 bits per heavy atom. The van der Waals surface area contributed by atoms with Crippen LogP contribution >= 0.6 is 22.9 Å². The minimum absolute atomic E-state index is 0.00480. The Kier molecular flexibility index (Phi) is 4.98. The maximum atomic E-state index is 13.5. The molecule has 0 unspecified atom stereocenters. The van der Waals surface area contributed by atoms with Gasteiger partial charge >= 0.3 is 0 Å². The number of halogens is 1. The third-order valence-electron chi connectivity index (χ3n) is 5.12. The van der Waals surface area contributed by atoms with Crippen molar-refractivity contribution >= 4 is 44.9 Å². The van der Waals surface area contributed by atoms with Crippen molar-refractivity contribution in [2.45, 2.75) is 32.9 Å². The molecule has 1 atom stereocenters. The molecule has 32 heavy (non-hydrogen) atoms. The number of anilines is 1. The largest absolute Gasteiger partial charge is 0.491 e. The highest BCUT2D eigenvalue weighted by Gasteiger charge is 2.45. The van der Waals surface area contributed by atoms with Crippen molar-refractivity contribution in [3.05, 3.63) is 79.6 Å². The fourth-order valence-electron chi connectivity index (χ4n) is 3.84. The van der Waals surface area contributed by atoms with E-state index in [1.54, 1.807) is 18.2 Å². The Morgan fingerprint density at radius 1 is 1.12 bits per heavy atom. The minimum Gasteiger partial charge on any atom is -0.491 e. The molecule has 2 aromatic heterocycles. The summed E-state index contributed by atoms with van der Waals surface area (Å²) in [6.07, 6.45) is 0.0265. The van der Waals surface area contributed by atoms with Gasteiger partial charge in [0.15, 0.2) is 5.43 Å². The van der Waals surface area contributed by atoms with Crippen LogP contribution in [-0.4, -0.2) is 22.2 Å². The van der Waals surface area contributed by atoms with Crippen LogP contribution in [0.5, 0.6) is 5.75 Å². The Morgan fingerprint density at radius 2 is 1.88 bits per heavy atom. The fourth-order valence-corrected chi connectivity index (χ4v) is 4.73. The van der Waals surface area contributed by atoms with Gasteiger partial charge in [-0.15, -0.1) is 10.2 Å². The van der Waals surface area contributed by atoms with Gasteiger partial charge in [-0.05, 0) is 56.7 Å². The van der Waals surface area contributed by atoms with Gasteiger partial charge < -0.3 is 9.15 Å². The molecule has 9 heteroatoms. The fraction of sp³-hybridized carbons (Fsp3) is 0.217. The molecule has 0 aliphatic carbocycles. The van der Waals surface area contributed by atoms with Gasteiger partial charge in [0.05, 0.1) is 23.1 Å². The molecular formula is C23H18ClN3O4S. The Balaban J connectivity index is 1.73. The Labute approximate surface area is 192 Å². The number of ether oxygens (including phenoxy) is 1. The summed E-state index contributed by atoms with van der Waals surface area (Å²) >= 11 is 7.40. The Bertz CT molecular complexity index is 1410. The van der Waals surface area contributed by atoms with Crippen LogP contribution in [-0.2, 0) is 0 Å². The first kappa shape index (κ1) is 20.7. The number of fused-ring (bicyclic) bond motifs is 2. The molecule has 162 valence electrons. The normalized spacial score (nSPS) is 15.6. The van der Waals surface area contributed by atoms with Gasteiger partial charge in [0, 0.05) is 5.02 Å². The number of hydrogen-bond donors (Lipinski definition) is 0. The zero-order valence-electron chi connectivity index (χ0n) is 17.5. The summed E-state index contributed by atoms with van der Waals surface area (Å²) < 4.78 is 11.7. The third-order valence-corrected chi connectivity index (χ3v) is 6.19. The maximum Gasteiger partial charge on any atom is 0.297 e. The van der Waals surface area contributed by atoms with Crippen molar-refractivity contribution in [2.75, 3.05) is 4.90 Å². The van der Waals surface area contributed by atoms with E-state index in [9.17, 15) is 9.59 Å². The monoisotopic (exact) mass is 467 g/mol. The molecule has 1 aliphatic heterocycles. The van der Waals surface area contributed by atoms with Crippen LogP contribution < -0.4 is 15.1 Å². The lowest BCUT2D eigenvalue weighted by atomic mass is 9.98. The average Bonchev–Trinajstić information content (AvgIpc) is 3.30. The van der Waals surface area contributed by atoms with Crippen LogP contribution in [0, 0.1) is 6.92 Å². The maximum absolute atomic E-state index is 13.5. The van der Waals surface area contributed by atoms with E-state index in [1.165, 1.54) is 16.2 Å². The molecular weight excluding hydrogens is 450 g/mol. The van der Waals surface area contributed by atoms with E-state index < -0.39 is 11.9 Å². The van der Waals surface area contributed by atoms with Gasteiger partial charge in [-0.2, -0.15) is 0 Å². The van der Waals surface area contributed by atoms with Crippen molar-refractivity contribution in [1.29, 1.82) is 0 Å². The molecule has 1 aliphatic rings. The van der Waals surface area contributed by atoms with Gasteiger partial charge in [0.25, 0.3) is 5.91 Å². The van der Waals surface area contributed by atoms with E-state index in [2.05, 4.69) is 10.2 Å². The number of nitrogens with zero attached hydrogens (tertiary/aromatic N) is 3. The molecule has 1 amide bonds. The van der Waals surface area contributed by atoms with Gasteiger partial charge in [0.2, 0.25) is 10.9 Å². The van der Waals surface area contributed by atoms with E-state index in [0.29, 0.717) is 31.9 Å². The molecule has 0 radical (unpaired) electrons. The van der Waals surface area contributed by atoms with Crippen LogP contribution in [0.3, 0.4) is 0 Å². The number of carbonyl (C=O) groups is 1. The number of carbonyl (C=O) groups excluding carboxylic acids is 1. The summed E-state index contributed by atoms with van der Waals surface area (Å²) in [5, 5.41) is 10.1. The average molecular weight is 468 g/mol. The second kappa shape index (κ2) is 7.72. The van der Waals surface area contributed by atoms with Gasteiger partial charge in [-0.1, -0.05) is 35.1 Å². The molecule has 0 bridgehead atoms. The van der Waals surface area contributed by atoms with Crippen LogP contribution in [0.25, 0.3) is 11.0 Å². The Hall–Kier alpha value is -3.23. The number of aromatic nitrogens is 2. The van der Waals surface area contributed by atoms with Crippen LogP contribution in [0.1, 0.15) is 46.6 Å². The van der Waals surface area contributed by atoms with Crippen molar-refractivity contribution in [3.63, 3.8) is 0 Å². The number of rotatable bonds is 4. The molecule has 5 rings (SSSR count). The number of hydrogen-bond acceptors (Lipinski definition) is 7. The van der Waals surface area contributed by atoms with E-state index in [1.807, 2.05) is 45.0 Å². The van der Waals surface area contributed by atoms with E-state index in [4.69, 9.17) is 20.8 Å². The number of amides is 1. The zero-order chi connectivity index (χ0) is 22.6. The second-order valence-corrected chi connectivity index (χ2v) is 9.33. The number of aryl methyl sites for hydroxylation is 1. The SMILES string of the molecule is Cc1nnc(N2C(=O)c3oc4ccc(Cl)cc4c(=O)c3[C@H]2c2ccc(OC(C)C)cc2)s1. The molecule has 0 saturated carbocycles. The summed E-state index contributed by atoms with van der Waals surface area (Å²) in [5.74, 6) is 0.270. The molecule has 3 heterocycles. The quantitative estimate of drug-likeness (QED) is 0.413. The second-order valence-electron chi connectivity index (χ2n) is 7.73. The summed E-state index contributed by atoms with van der Waals surface area (Å²) in [7, 11) is 0. The highest BCUT2D eigenvalue weighted by Crippen LogP contribution is 2.42. The third kappa shape index (κ3) is 3.36. The predicted molar refractivity (Wildman–Crippen MR) is 123 cm³/mol. The number of benzene rings is 2. The lowest BCUT2D eigenvalue weighted by molar-refractivity contribution is 0.0970. The lowest BCUT2D eigenvalue weighted by Gasteiger charge is -2.22. The molecule has 4 aromatic rings. The van der Waals surface area contributed by atoms with Crippen LogP contribution in [0.15, 0.2) is 51.7 Å².